The van der Waals surface area contributed by atoms with Gasteiger partial charge in [-0.25, -0.2) is 23.1 Å². The van der Waals surface area contributed by atoms with Gasteiger partial charge in [-0.15, -0.1) is 0 Å². The number of aromatic nitrogens is 2. The number of sulfonamides is 1. The summed E-state index contributed by atoms with van der Waals surface area (Å²) in [4.78, 5) is 8.09. The van der Waals surface area contributed by atoms with Crippen molar-refractivity contribution in [2.24, 2.45) is 0 Å². The molecule has 114 valence electrons. The molecule has 1 heterocycles. The minimum atomic E-state index is -3.49. The van der Waals surface area contributed by atoms with E-state index in [-0.39, 0.29) is 4.90 Å². The molecule has 8 heteroatoms. The van der Waals surface area contributed by atoms with Crippen LogP contribution in [-0.4, -0.2) is 43.5 Å². The summed E-state index contributed by atoms with van der Waals surface area (Å²) in [5, 5.41) is 3.00. The van der Waals surface area contributed by atoms with Crippen LogP contribution >= 0.6 is 11.8 Å². The fourth-order valence-corrected chi connectivity index (χ4v) is 2.90. The van der Waals surface area contributed by atoms with Crippen molar-refractivity contribution in [3.05, 3.63) is 12.4 Å². The van der Waals surface area contributed by atoms with Crippen molar-refractivity contribution in [2.45, 2.75) is 31.1 Å². The van der Waals surface area contributed by atoms with Crippen LogP contribution in [0.15, 0.2) is 17.3 Å². The van der Waals surface area contributed by atoms with Gasteiger partial charge in [0.05, 0.1) is 12.4 Å². The molecule has 0 fully saturated rings. The zero-order chi connectivity index (χ0) is 14.8. The fourth-order valence-electron chi connectivity index (χ4n) is 1.44. The number of nitrogens with one attached hydrogen (secondary N) is 2. The highest BCUT2D eigenvalue weighted by molar-refractivity contribution is 7.98. The number of thioether (sulfide) groups is 1. The summed E-state index contributed by atoms with van der Waals surface area (Å²) in [6.45, 7) is 3.24. The van der Waals surface area contributed by atoms with Gasteiger partial charge in [0, 0.05) is 13.1 Å². The molecule has 6 nitrogen and oxygen atoms in total. The molecular formula is C12H22N4O2S2. The molecule has 2 N–H and O–H groups in total. The third-order valence-electron chi connectivity index (χ3n) is 2.54. The second-order valence-corrected chi connectivity index (χ2v) is 7.02. The van der Waals surface area contributed by atoms with Crippen LogP contribution in [0.2, 0.25) is 0 Å². The van der Waals surface area contributed by atoms with Crippen molar-refractivity contribution < 1.29 is 8.42 Å². The largest absolute Gasteiger partial charge is 0.354 e. The molecule has 0 amide bonds. The number of rotatable bonds is 10. The number of hydrogen-bond acceptors (Lipinski definition) is 6. The van der Waals surface area contributed by atoms with Gasteiger partial charge in [0.1, 0.15) is 4.90 Å². The Morgan fingerprint density at radius 2 is 1.90 bits per heavy atom. The first kappa shape index (κ1) is 17.2. The SMILES string of the molecule is CCCNc1ncc(S(=O)(=O)NCCCCSC)cn1. The Balaban J connectivity index is 2.50. The zero-order valence-electron chi connectivity index (χ0n) is 11.9. The number of nitrogens with zero attached hydrogens (tertiary/aromatic N) is 2. The van der Waals surface area contributed by atoms with Crippen LogP contribution in [0.5, 0.6) is 0 Å². The van der Waals surface area contributed by atoms with E-state index in [1.807, 2.05) is 13.2 Å². The molecule has 1 rings (SSSR count). The maximum Gasteiger partial charge on any atom is 0.243 e. The van der Waals surface area contributed by atoms with E-state index in [1.165, 1.54) is 12.4 Å². The Morgan fingerprint density at radius 1 is 1.20 bits per heavy atom. The highest BCUT2D eigenvalue weighted by Gasteiger charge is 2.14. The van der Waals surface area contributed by atoms with Crippen molar-refractivity contribution in [3.8, 4) is 0 Å². The van der Waals surface area contributed by atoms with E-state index < -0.39 is 10.0 Å². The zero-order valence-corrected chi connectivity index (χ0v) is 13.6. The van der Waals surface area contributed by atoms with Crippen LogP contribution in [0, 0.1) is 0 Å². The van der Waals surface area contributed by atoms with Crippen LogP contribution in [0.25, 0.3) is 0 Å². The van der Waals surface area contributed by atoms with E-state index in [4.69, 9.17) is 0 Å². The van der Waals surface area contributed by atoms with Crippen LogP contribution in [0.3, 0.4) is 0 Å². The normalized spacial score (nSPS) is 11.5. The minimum Gasteiger partial charge on any atom is -0.354 e. The Hall–Kier alpha value is -0.860. The summed E-state index contributed by atoms with van der Waals surface area (Å²) in [6, 6.07) is 0. The van der Waals surface area contributed by atoms with E-state index in [2.05, 4.69) is 20.0 Å². The fraction of sp³-hybridized carbons (Fsp3) is 0.667. The second kappa shape index (κ2) is 9.15. The molecule has 0 atom stereocenters. The molecule has 1 aromatic heterocycles. The first-order valence-electron chi connectivity index (χ1n) is 6.64. The maximum atomic E-state index is 12.0. The van der Waals surface area contributed by atoms with Gasteiger partial charge in [-0.2, -0.15) is 11.8 Å². The van der Waals surface area contributed by atoms with Gasteiger partial charge in [0.25, 0.3) is 0 Å². The molecule has 0 saturated heterocycles. The maximum absolute atomic E-state index is 12.0. The summed E-state index contributed by atoms with van der Waals surface area (Å²) >= 11 is 1.76. The first-order valence-corrected chi connectivity index (χ1v) is 9.52. The Morgan fingerprint density at radius 3 is 2.50 bits per heavy atom. The Bertz CT molecular complexity index is 477. The predicted octanol–water partition coefficient (Wildman–Crippen LogP) is 1.72. The molecule has 20 heavy (non-hydrogen) atoms. The third-order valence-corrected chi connectivity index (χ3v) is 4.65. The lowest BCUT2D eigenvalue weighted by atomic mass is 10.3. The van der Waals surface area contributed by atoms with Crippen molar-refractivity contribution in [3.63, 3.8) is 0 Å². The molecule has 0 radical (unpaired) electrons. The quantitative estimate of drug-likeness (QED) is 0.639. The summed E-state index contributed by atoms with van der Waals surface area (Å²) in [5.41, 5.74) is 0. The lowest BCUT2D eigenvalue weighted by molar-refractivity contribution is 0.577. The van der Waals surface area contributed by atoms with E-state index in [0.717, 1.165) is 31.6 Å². The standard InChI is InChI=1S/C12H22N4O2S2/c1-3-6-13-12-14-9-11(10-15-12)20(17,18)16-7-4-5-8-19-2/h9-10,16H,3-8H2,1-2H3,(H,13,14,15). The molecular weight excluding hydrogens is 296 g/mol. The van der Waals surface area contributed by atoms with Crippen LogP contribution in [-0.2, 0) is 10.0 Å². The van der Waals surface area contributed by atoms with Gasteiger partial charge >= 0.3 is 0 Å². The van der Waals surface area contributed by atoms with E-state index in [9.17, 15) is 8.42 Å². The van der Waals surface area contributed by atoms with Gasteiger partial charge in [-0.3, -0.25) is 0 Å². The molecule has 0 spiro atoms. The van der Waals surface area contributed by atoms with E-state index in [1.54, 1.807) is 11.8 Å². The molecule has 0 aliphatic heterocycles. The lowest BCUT2D eigenvalue weighted by Crippen LogP contribution is -2.25. The van der Waals surface area contributed by atoms with Gasteiger partial charge in [0.15, 0.2) is 0 Å². The van der Waals surface area contributed by atoms with Crippen molar-refractivity contribution in [1.29, 1.82) is 0 Å². The molecule has 0 bridgehead atoms. The smallest absolute Gasteiger partial charge is 0.243 e. The average molecular weight is 318 g/mol. The molecule has 0 aromatic carbocycles. The molecule has 0 unspecified atom stereocenters. The van der Waals surface area contributed by atoms with Gasteiger partial charge in [0.2, 0.25) is 16.0 Å². The van der Waals surface area contributed by atoms with Gasteiger partial charge in [-0.1, -0.05) is 6.92 Å². The van der Waals surface area contributed by atoms with Crippen LogP contribution in [0.4, 0.5) is 5.95 Å². The summed E-state index contributed by atoms with van der Waals surface area (Å²) < 4.78 is 26.5. The average Bonchev–Trinajstić information content (AvgIpc) is 2.45. The first-order chi connectivity index (χ1) is 9.60. The molecule has 0 saturated carbocycles. The Kier molecular flexibility index (Phi) is 7.86. The van der Waals surface area contributed by atoms with Crippen molar-refractivity contribution in [2.75, 3.05) is 30.4 Å². The van der Waals surface area contributed by atoms with E-state index >= 15 is 0 Å². The van der Waals surface area contributed by atoms with Crippen molar-refractivity contribution >= 4 is 27.7 Å². The minimum absolute atomic E-state index is 0.101. The summed E-state index contributed by atoms with van der Waals surface area (Å²) in [7, 11) is -3.49. The highest BCUT2D eigenvalue weighted by Crippen LogP contribution is 2.07. The monoisotopic (exact) mass is 318 g/mol. The highest BCUT2D eigenvalue weighted by atomic mass is 32.2. The van der Waals surface area contributed by atoms with Crippen LogP contribution in [0.1, 0.15) is 26.2 Å². The molecule has 1 aromatic rings. The summed E-state index contributed by atoms with van der Waals surface area (Å²) in [5.74, 6) is 1.49. The number of unbranched alkanes of at least 4 members (excludes halogenated alkanes) is 1. The van der Waals surface area contributed by atoms with Crippen molar-refractivity contribution in [1.82, 2.24) is 14.7 Å². The molecule has 0 aliphatic rings. The Labute approximate surface area is 125 Å². The van der Waals surface area contributed by atoms with E-state index in [0.29, 0.717) is 12.5 Å². The topological polar surface area (TPSA) is 84.0 Å². The lowest BCUT2D eigenvalue weighted by Gasteiger charge is -2.07. The summed E-state index contributed by atoms with van der Waals surface area (Å²) in [6.07, 6.45) is 7.48. The second-order valence-electron chi connectivity index (χ2n) is 4.27. The number of anilines is 1. The third kappa shape index (κ3) is 6.06. The number of hydrogen-bond donors (Lipinski definition) is 2. The predicted molar refractivity (Wildman–Crippen MR) is 83.6 cm³/mol. The van der Waals surface area contributed by atoms with Gasteiger partial charge < -0.3 is 5.32 Å². The van der Waals surface area contributed by atoms with Crippen LogP contribution < -0.4 is 10.0 Å². The molecule has 0 aliphatic carbocycles. The van der Waals surface area contributed by atoms with Gasteiger partial charge in [-0.05, 0) is 31.3 Å².